The Labute approximate surface area is 110 Å². The van der Waals surface area contributed by atoms with Gasteiger partial charge in [-0.15, -0.1) is 0 Å². The molecule has 0 saturated heterocycles. The first-order chi connectivity index (χ1) is 8.81. The predicted octanol–water partition coefficient (Wildman–Crippen LogP) is 3.55. The monoisotopic (exact) mass is 241 g/mol. The average Bonchev–Trinajstić information content (AvgIpc) is 2.81. The summed E-state index contributed by atoms with van der Waals surface area (Å²) in [5, 5.41) is 3.62. The minimum atomic E-state index is 0.601. The molecule has 0 heterocycles. The SMILES string of the molecule is CNC(c1ccccc1C)C1C2C3CCC(C3)C21. The smallest absolute Gasteiger partial charge is 0.0354 e. The third-order valence-corrected chi connectivity index (χ3v) is 6.01. The van der Waals surface area contributed by atoms with Crippen LogP contribution in [0, 0.1) is 36.5 Å². The van der Waals surface area contributed by atoms with Crippen LogP contribution in [0.15, 0.2) is 24.3 Å². The summed E-state index contributed by atoms with van der Waals surface area (Å²) >= 11 is 0. The van der Waals surface area contributed by atoms with Crippen molar-refractivity contribution >= 4 is 0 Å². The molecular weight excluding hydrogens is 218 g/mol. The zero-order chi connectivity index (χ0) is 12.3. The van der Waals surface area contributed by atoms with Crippen LogP contribution in [0.5, 0.6) is 0 Å². The molecule has 4 rings (SSSR count). The van der Waals surface area contributed by atoms with E-state index in [1.54, 1.807) is 12.0 Å². The van der Waals surface area contributed by atoms with Crippen molar-refractivity contribution in [1.82, 2.24) is 5.32 Å². The van der Waals surface area contributed by atoms with Crippen molar-refractivity contribution in [2.45, 2.75) is 32.2 Å². The molecule has 3 saturated carbocycles. The lowest BCUT2D eigenvalue weighted by Gasteiger charge is -2.22. The van der Waals surface area contributed by atoms with Gasteiger partial charge in [-0.1, -0.05) is 24.3 Å². The van der Waals surface area contributed by atoms with Crippen LogP contribution in [-0.4, -0.2) is 7.05 Å². The van der Waals surface area contributed by atoms with Crippen LogP contribution >= 0.6 is 0 Å². The first kappa shape index (κ1) is 11.0. The highest BCUT2D eigenvalue weighted by atomic mass is 14.9. The summed E-state index contributed by atoms with van der Waals surface area (Å²) in [6.45, 7) is 2.26. The van der Waals surface area contributed by atoms with E-state index in [9.17, 15) is 0 Å². The molecule has 0 spiro atoms. The standard InChI is InChI=1S/C17H23N/c1-10-5-3-4-6-13(10)17(18-2)16-14-11-7-8-12(9-11)15(14)16/h3-6,11-12,14-18H,7-9H2,1-2H3. The molecule has 1 nitrogen and oxygen atoms in total. The summed E-state index contributed by atoms with van der Waals surface area (Å²) < 4.78 is 0. The number of rotatable bonds is 3. The van der Waals surface area contributed by atoms with Gasteiger partial charge in [-0.25, -0.2) is 0 Å². The molecule has 3 aliphatic carbocycles. The molecule has 0 radical (unpaired) electrons. The van der Waals surface area contributed by atoms with Gasteiger partial charge in [0.05, 0.1) is 0 Å². The molecule has 0 amide bonds. The minimum absolute atomic E-state index is 0.601. The zero-order valence-corrected chi connectivity index (χ0v) is 11.4. The first-order valence-electron chi connectivity index (χ1n) is 7.54. The normalized spacial score (nSPS) is 41.8. The molecule has 1 heteroatoms. The maximum absolute atomic E-state index is 3.62. The summed E-state index contributed by atoms with van der Waals surface area (Å²) in [6, 6.07) is 9.53. The second-order valence-corrected chi connectivity index (χ2v) is 6.69. The zero-order valence-electron chi connectivity index (χ0n) is 11.4. The summed E-state index contributed by atoms with van der Waals surface area (Å²) in [5.41, 5.74) is 2.99. The Morgan fingerprint density at radius 3 is 2.39 bits per heavy atom. The Balaban J connectivity index is 1.63. The van der Waals surface area contributed by atoms with Crippen LogP contribution in [0.1, 0.15) is 36.4 Å². The molecule has 0 aromatic heterocycles. The molecule has 5 atom stereocenters. The third-order valence-electron chi connectivity index (χ3n) is 6.01. The minimum Gasteiger partial charge on any atom is -0.313 e. The molecule has 96 valence electrons. The maximum atomic E-state index is 3.62. The lowest BCUT2D eigenvalue weighted by molar-refractivity contribution is 0.385. The second-order valence-electron chi connectivity index (χ2n) is 6.69. The van der Waals surface area contributed by atoms with Crippen molar-refractivity contribution in [3.63, 3.8) is 0 Å². The van der Waals surface area contributed by atoms with E-state index in [0.717, 1.165) is 29.6 Å². The molecule has 5 unspecified atom stereocenters. The van der Waals surface area contributed by atoms with Gasteiger partial charge >= 0.3 is 0 Å². The molecule has 1 aromatic rings. The molecule has 0 aliphatic heterocycles. The van der Waals surface area contributed by atoms with Crippen molar-refractivity contribution < 1.29 is 0 Å². The van der Waals surface area contributed by atoms with E-state index < -0.39 is 0 Å². The number of nitrogens with one attached hydrogen (secondary N) is 1. The van der Waals surface area contributed by atoms with Crippen molar-refractivity contribution in [3.8, 4) is 0 Å². The van der Waals surface area contributed by atoms with E-state index >= 15 is 0 Å². The molecular formula is C17H23N. The summed E-state index contributed by atoms with van der Waals surface area (Å²) in [7, 11) is 2.15. The predicted molar refractivity (Wildman–Crippen MR) is 74.3 cm³/mol. The fraction of sp³-hybridized carbons (Fsp3) is 0.647. The Hall–Kier alpha value is -0.820. The van der Waals surface area contributed by atoms with Gasteiger partial charge in [0.15, 0.2) is 0 Å². The summed E-state index contributed by atoms with van der Waals surface area (Å²) in [6.07, 6.45) is 4.59. The molecule has 2 bridgehead atoms. The van der Waals surface area contributed by atoms with Crippen LogP contribution in [0.2, 0.25) is 0 Å². The molecule has 1 aromatic carbocycles. The van der Waals surface area contributed by atoms with Crippen LogP contribution in [-0.2, 0) is 0 Å². The van der Waals surface area contributed by atoms with Gasteiger partial charge in [0, 0.05) is 6.04 Å². The van der Waals surface area contributed by atoms with E-state index in [4.69, 9.17) is 0 Å². The largest absolute Gasteiger partial charge is 0.313 e. The Bertz CT molecular complexity index is 450. The fourth-order valence-corrected chi connectivity index (χ4v) is 5.33. The Morgan fingerprint density at radius 1 is 1.11 bits per heavy atom. The van der Waals surface area contributed by atoms with E-state index in [0.29, 0.717) is 6.04 Å². The summed E-state index contributed by atoms with van der Waals surface area (Å²) in [4.78, 5) is 0. The van der Waals surface area contributed by atoms with Gasteiger partial charge in [0.1, 0.15) is 0 Å². The van der Waals surface area contributed by atoms with E-state index in [-0.39, 0.29) is 0 Å². The van der Waals surface area contributed by atoms with Crippen LogP contribution in [0.4, 0.5) is 0 Å². The highest BCUT2D eigenvalue weighted by Crippen LogP contribution is 2.72. The van der Waals surface area contributed by atoms with E-state index in [2.05, 4.69) is 43.6 Å². The third kappa shape index (κ3) is 1.37. The van der Waals surface area contributed by atoms with Crippen molar-refractivity contribution in [2.24, 2.45) is 29.6 Å². The van der Waals surface area contributed by atoms with Gasteiger partial charge in [-0.05, 0) is 74.0 Å². The van der Waals surface area contributed by atoms with Crippen LogP contribution in [0.3, 0.4) is 0 Å². The average molecular weight is 241 g/mol. The van der Waals surface area contributed by atoms with E-state index in [1.807, 2.05) is 0 Å². The number of hydrogen-bond donors (Lipinski definition) is 1. The van der Waals surface area contributed by atoms with Gasteiger partial charge < -0.3 is 5.32 Å². The Kier molecular flexibility index (Phi) is 2.35. The van der Waals surface area contributed by atoms with Gasteiger partial charge in [-0.3, -0.25) is 0 Å². The topological polar surface area (TPSA) is 12.0 Å². The Morgan fingerprint density at radius 2 is 1.78 bits per heavy atom. The van der Waals surface area contributed by atoms with Crippen molar-refractivity contribution in [2.75, 3.05) is 7.05 Å². The lowest BCUT2D eigenvalue weighted by Crippen LogP contribution is -2.22. The lowest BCUT2D eigenvalue weighted by atomic mass is 9.91. The molecule has 18 heavy (non-hydrogen) atoms. The van der Waals surface area contributed by atoms with Crippen molar-refractivity contribution in [1.29, 1.82) is 0 Å². The van der Waals surface area contributed by atoms with Crippen LogP contribution < -0.4 is 5.32 Å². The highest BCUT2D eigenvalue weighted by molar-refractivity contribution is 5.32. The molecule has 1 N–H and O–H groups in total. The van der Waals surface area contributed by atoms with Gasteiger partial charge in [-0.2, -0.15) is 0 Å². The van der Waals surface area contributed by atoms with Gasteiger partial charge in [0.25, 0.3) is 0 Å². The summed E-state index contributed by atoms with van der Waals surface area (Å²) in [5.74, 6) is 5.19. The first-order valence-corrected chi connectivity index (χ1v) is 7.54. The second kappa shape index (κ2) is 3.84. The molecule has 3 aliphatic rings. The quantitative estimate of drug-likeness (QED) is 0.853. The number of hydrogen-bond acceptors (Lipinski definition) is 1. The van der Waals surface area contributed by atoms with Crippen molar-refractivity contribution in [3.05, 3.63) is 35.4 Å². The van der Waals surface area contributed by atoms with E-state index in [1.165, 1.54) is 18.4 Å². The number of fused-ring (bicyclic) bond motifs is 5. The van der Waals surface area contributed by atoms with Crippen LogP contribution in [0.25, 0.3) is 0 Å². The number of aryl methyl sites for hydroxylation is 1. The van der Waals surface area contributed by atoms with Gasteiger partial charge in [0.2, 0.25) is 0 Å². The molecule has 3 fully saturated rings. The highest BCUT2D eigenvalue weighted by Gasteiger charge is 2.66. The maximum Gasteiger partial charge on any atom is 0.0354 e. The number of benzene rings is 1. The fourth-order valence-electron chi connectivity index (χ4n) is 5.33.